The predicted molar refractivity (Wildman–Crippen MR) is 421 cm³/mol. The van der Waals surface area contributed by atoms with Crippen molar-refractivity contribution in [1.29, 1.82) is 15.8 Å². The molecule has 19 nitrogen and oxygen atoms in total. The maximum absolute atomic E-state index is 12.7. The second kappa shape index (κ2) is 48.4. The summed E-state index contributed by atoms with van der Waals surface area (Å²) >= 11 is 0. The van der Waals surface area contributed by atoms with E-state index in [9.17, 15) is 30.2 Å². The zero-order valence-electron chi connectivity index (χ0n) is 64.6. The van der Waals surface area contributed by atoms with Gasteiger partial charge >= 0.3 is 17.9 Å². The zero-order valence-corrected chi connectivity index (χ0v) is 64.6. The molecule has 3 aliphatic rings. The molecule has 0 radical (unpaired) electrons. The molecule has 0 spiro atoms. The van der Waals surface area contributed by atoms with Crippen molar-refractivity contribution in [2.45, 2.75) is 208 Å². The maximum Gasteiger partial charge on any atom is 0.388 e. The van der Waals surface area contributed by atoms with E-state index in [1.165, 1.54) is 94.0 Å². The number of rotatable bonds is 32. The van der Waals surface area contributed by atoms with Gasteiger partial charge in [0.1, 0.15) is 51.2 Å². The molecule has 1 aliphatic carbocycles. The molecule has 574 valence electrons. The van der Waals surface area contributed by atoms with Crippen LogP contribution in [0.4, 0.5) is 17.1 Å². The molecule has 2 aliphatic heterocycles. The van der Waals surface area contributed by atoms with Gasteiger partial charge in [0.2, 0.25) is 17.1 Å². The third-order valence-corrected chi connectivity index (χ3v) is 19.1. The number of hydrogen-bond acceptors (Lipinski definition) is 16. The average molecular weight is 1490 g/mol. The van der Waals surface area contributed by atoms with Gasteiger partial charge in [0, 0.05) is 45.9 Å². The van der Waals surface area contributed by atoms with Crippen LogP contribution in [0.5, 0.6) is 34.5 Å². The molecule has 0 unspecified atom stereocenters. The van der Waals surface area contributed by atoms with Gasteiger partial charge in [-0.05, 0) is 148 Å². The smallest absolute Gasteiger partial charge is 0.388 e. The molecule has 2 saturated heterocycles. The van der Waals surface area contributed by atoms with Crippen LogP contribution in [-0.4, -0.2) is 64.2 Å². The Morgan fingerprint density at radius 1 is 0.391 bits per heavy atom. The summed E-state index contributed by atoms with van der Waals surface area (Å²) in [5.74, 6) is 11.7. The van der Waals surface area contributed by atoms with E-state index >= 15 is 0 Å². The summed E-state index contributed by atoms with van der Waals surface area (Å²) < 4.78 is 56.6. The standard InChI is InChI=1S/C33H38N2O3.C30H32N2O5.C28H32N2O5/c1-4-6-8-10-25-11-16-27(17-12-25)28-18-13-26(14-19-28)15-22-32(36)38-31-21-20-30(37-23-9-7-5-2)29(24-34)33(31)35-3;1-4-6-8-18-34-26-15-16-27(29(32-3)25(26)19-31)37-28(33)17-12-22-10-13-24(14-11-22)30-35-20-23(21-36-30)9-7-5-2;1-4-6-8-16-32-24-14-15-25(26(30-3)23(24)17-29)35-27(31)21-10-12-22(13-11-21)28-33-18-20(19-34-28)9-7-5-2/h13-14,18-21,25,27H,4-12,16-17,23H2,1-2H3;10-11,13-16,23,30H,4-9,18,20-21H2,1-2H3;10-15,20,28H,4-9,16,18-19H2,1-2H3. The van der Waals surface area contributed by atoms with Crippen LogP contribution >= 0.6 is 0 Å². The summed E-state index contributed by atoms with van der Waals surface area (Å²) in [7, 11) is 0. The van der Waals surface area contributed by atoms with Crippen LogP contribution in [0, 0.1) is 95.1 Å². The van der Waals surface area contributed by atoms with E-state index < -0.39 is 30.5 Å². The molecule has 9 rings (SSSR count). The van der Waals surface area contributed by atoms with Crippen molar-refractivity contribution < 1.29 is 61.8 Å². The minimum absolute atomic E-state index is 0.0115. The molecule has 0 amide bonds. The zero-order chi connectivity index (χ0) is 78.7. The van der Waals surface area contributed by atoms with Crippen LogP contribution in [0.2, 0.25) is 0 Å². The Hall–Kier alpha value is -11.0. The average Bonchev–Trinajstić information content (AvgIpc) is 0.826. The van der Waals surface area contributed by atoms with E-state index in [0.29, 0.717) is 92.4 Å². The van der Waals surface area contributed by atoms with Gasteiger partial charge < -0.3 is 47.4 Å². The number of ether oxygens (including phenoxy) is 10. The highest BCUT2D eigenvalue weighted by Gasteiger charge is 2.28. The molecule has 3 fully saturated rings. The van der Waals surface area contributed by atoms with E-state index in [1.807, 2.05) is 42.5 Å². The quantitative estimate of drug-likeness (QED) is 0.0126. The summed E-state index contributed by atoms with van der Waals surface area (Å²) in [6.07, 6.45) is 25.3. The Balaban J connectivity index is 0.000000230. The molecule has 1 saturated carbocycles. The van der Waals surface area contributed by atoms with Gasteiger partial charge in [-0.2, -0.15) is 15.8 Å². The summed E-state index contributed by atoms with van der Waals surface area (Å²) in [4.78, 5) is 47.7. The molecule has 19 heteroatoms. The Labute approximate surface area is 650 Å². The van der Waals surface area contributed by atoms with Crippen molar-refractivity contribution in [1.82, 2.24) is 0 Å². The first kappa shape index (κ1) is 86.3. The van der Waals surface area contributed by atoms with Gasteiger partial charge in [-0.25, -0.2) is 28.9 Å². The number of esters is 3. The van der Waals surface area contributed by atoms with Gasteiger partial charge in [0.15, 0.2) is 12.6 Å². The van der Waals surface area contributed by atoms with Crippen LogP contribution < -0.4 is 28.4 Å². The highest BCUT2D eigenvalue weighted by atomic mass is 16.7. The minimum Gasteiger partial charge on any atom is -0.494 e. The van der Waals surface area contributed by atoms with Crippen molar-refractivity contribution in [3.05, 3.63) is 194 Å². The third-order valence-electron chi connectivity index (χ3n) is 19.1. The summed E-state index contributed by atoms with van der Waals surface area (Å²) in [5, 5.41) is 28.7. The molecule has 6 aromatic carbocycles. The second-order valence-electron chi connectivity index (χ2n) is 27.5. The summed E-state index contributed by atoms with van der Waals surface area (Å²) in [5.41, 5.74) is 4.78. The Kier molecular flexibility index (Phi) is 38.0. The molecule has 2 heterocycles. The number of benzene rings is 6. The van der Waals surface area contributed by atoms with Crippen molar-refractivity contribution >= 4 is 35.0 Å². The molecule has 0 bridgehead atoms. The summed E-state index contributed by atoms with van der Waals surface area (Å²) in [6, 6.07) is 37.4. The van der Waals surface area contributed by atoms with Crippen molar-refractivity contribution in [3.63, 3.8) is 0 Å². The fraction of sp³-hybridized carbons (Fsp3) is 0.462. The first-order valence-electron chi connectivity index (χ1n) is 39.0. The molecular weight excluding hydrogens is 1390 g/mol. The summed E-state index contributed by atoms with van der Waals surface area (Å²) in [6.45, 7) is 39.4. The molecule has 0 atom stereocenters. The highest BCUT2D eigenvalue weighted by Crippen LogP contribution is 2.42. The van der Waals surface area contributed by atoms with E-state index in [0.717, 1.165) is 106 Å². The first-order valence-corrected chi connectivity index (χ1v) is 39.0. The van der Waals surface area contributed by atoms with Gasteiger partial charge in [-0.15, -0.1) is 0 Å². The minimum atomic E-state index is -0.827. The fourth-order valence-corrected chi connectivity index (χ4v) is 12.8. The van der Waals surface area contributed by atoms with Crippen LogP contribution in [0.15, 0.2) is 109 Å². The molecule has 0 N–H and O–H groups in total. The lowest BCUT2D eigenvalue weighted by molar-refractivity contribution is -0.206. The Morgan fingerprint density at radius 3 is 1.07 bits per heavy atom. The highest BCUT2D eigenvalue weighted by molar-refractivity contribution is 5.94. The van der Waals surface area contributed by atoms with Gasteiger partial charge in [0.05, 0.1) is 89.7 Å². The molecule has 0 aromatic heterocycles. The lowest BCUT2D eigenvalue weighted by atomic mass is 9.77. The maximum atomic E-state index is 12.7. The van der Waals surface area contributed by atoms with Crippen molar-refractivity contribution in [3.8, 4) is 76.4 Å². The Bertz CT molecular complexity index is 4330. The third kappa shape index (κ3) is 27.3. The van der Waals surface area contributed by atoms with E-state index in [2.05, 4.69) is 91.9 Å². The van der Waals surface area contributed by atoms with Crippen molar-refractivity contribution in [2.75, 3.05) is 46.2 Å². The lowest BCUT2D eigenvalue weighted by Crippen LogP contribution is -2.27. The van der Waals surface area contributed by atoms with Crippen molar-refractivity contribution in [2.24, 2.45) is 17.8 Å². The molecule has 6 aromatic rings. The monoisotopic (exact) mass is 1490 g/mol. The van der Waals surface area contributed by atoms with Crippen LogP contribution in [0.3, 0.4) is 0 Å². The molecular formula is C91H102N6O13. The van der Waals surface area contributed by atoms with Crippen LogP contribution in [0.1, 0.15) is 263 Å². The molecule has 110 heavy (non-hydrogen) atoms. The first-order chi connectivity index (χ1) is 53.8. The van der Waals surface area contributed by atoms with E-state index in [4.69, 9.17) is 67.1 Å². The van der Waals surface area contributed by atoms with E-state index in [-0.39, 0.29) is 51.0 Å². The SMILES string of the molecule is [C-]#[N+]c1c(OC(=O)C#Cc2ccc(C3CCC(CCCCC)CC3)cc2)ccc(OCCCCC)c1C#N.[C-]#[N+]c1c(OC(=O)C#Cc2ccc(C3OCC(CCCC)CO3)cc2)ccc(OCCCCC)c1C#N.[C-]#[N+]c1c(OC(=O)c2ccc(C3OCC(CCCC)CO3)cc2)ccc(OCCCCC)c1C#N. The van der Waals surface area contributed by atoms with Crippen LogP contribution in [-0.2, 0) is 28.5 Å². The fourth-order valence-electron chi connectivity index (χ4n) is 12.8. The predicted octanol–water partition coefficient (Wildman–Crippen LogP) is 21.7. The largest absolute Gasteiger partial charge is 0.494 e. The number of carbonyl (C=O) groups excluding carboxylic acids is 3. The number of nitrogens with zero attached hydrogens (tertiary/aromatic N) is 6. The number of hydrogen-bond donors (Lipinski definition) is 0. The second-order valence-corrected chi connectivity index (χ2v) is 27.5. The Morgan fingerprint density at radius 2 is 0.718 bits per heavy atom. The van der Waals surface area contributed by atoms with Gasteiger partial charge in [0.25, 0.3) is 0 Å². The lowest BCUT2D eigenvalue weighted by Gasteiger charge is -2.29. The topological polar surface area (TPSA) is 228 Å². The van der Waals surface area contributed by atoms with Gasteiger partial charge in [-0.1, -0.05) is 180 Å². The number of carbonyl (C=O) groups is 3. The van der Waals surface area contributed by atoms with E-state index in [1.54, 1.807) is 48.5 Å². The number of nitriles is 3. The normalized spacial score (nSPS) is 16.7. The number of unbranched alkanes of at least 4 members (excludes halogenated alkanes) is 10. The van der Waals surface area contributed by atoms with Gasteiger partial charge in [-0.3, -0.25) is 0 Å². The van der Waals surface area contributed by atoms with Crippen LogP contribution in [0.25, 0.3) is 14.5 Å².